The minimum Gasteiger partial charge on any atom is -0.366 e. The monoisotopic (exact) mass is 325 g/mol. The van der Waals surface area contributed by atoms with Crippen LogP contribution in [0.15, 0.2) is 22.7 Å². The Balaban J connectivity index is 2.16. The van der Waals surface area contributed by atoms with Crippen LogP contribution in [0.1, 0.15) is 18.4 Å². The Kier molecular flexibility index (Phi) is 5.25. The summed E-state index contributed by atoms with van der Waals surface area (Å²) < 4.78 is 1.20. The van der Waals surface area contributed by atoms with E-state index in [-0.39, 0.29) is 0 Å². The van der Waals surface area contributed by atoms with E-state index in [0.29, 0.717) is 12.6 Å². The van der Waals surface area contributed by atoms with Crippen LogP contribution in [0.3, 0.4) is 0 Å². The molecule has 1 aliphatic heterocycles. The van der Waals surface area contributed by atoms with Gasteiger partial charge < -0.3 is 15.5 Å². The predicted octanol–water partition coefficient (Wildman–Crippen LogP) is 2.48. The molecule has 0 saturated carbocycles. The summed E-state index contributed by atoms with van der Waals surface area (Å²) in [5, 5.41) is 0. The van der Waals surface area contributed by atoms with Gasteiger partial charge in [-0.2, -0.15) is 0 Å². The molecule has 2 N–H and O–H groups in total. The summed E-state index contributed by atoms with van der Waals surface area (Å²) >= 11 is 3.72. The van der Waals surface area contributed by atoms with Crippen molar-refractivity contribution < 1.29 is 0 Å². The molecule has 0 bridgehead atoms. The molecule has 1 atom stereocenters. The highest BCUT2D eigenvalue weighted by Crippen LogP contribution is 2.33. The van der Waals surface area contributed by atoms with Gasteiger partial charge in [-0.15, -0.1) is 0 Å². The van der Waals surface area contributed by atoms with Crippen molar-refractivity contribution >= 4 is 21.6 Å². The van der Waals surface area contributed by atoms with Gasteiger partial charge in [-0.1, -0.05) is 6.07 Å². The van der Waals surface area contributed by atoms with Crippen molar-refractivity contribution in [3.05, 3.63) is 28.2 Å². The fraction of sp³-hybridized carbons (Fsp3) is 0.600. The fourth-order valence-electron chi connectivity index (χ4n) is 2.87. The summed E-state index contributed by atoms with van der Waals surface area (Å²) in [4.78, 5) is 4.82. The summed E-state index contributed by atoms with van der Waals surface area (Å²) in [5.74, 6) is 0. The molecular weight excluding hydrogens is 302 g/mol. The van der Waals surface area contributed by atoms with Gasteiger partial charge in [0.05, 0.1) is 5.69 Å². The molecule has 0 aliphatic carbocycles. The first-order valence-corrected chi connectivity index (χ1v) is 7.81. The Bertz CT molecular complexity index is 420. The lowest BCUT2D eigenvalue weighted by molar-refractivity contribution is 0.372. The van der Waals surface area contributed by atoms with Gasteiger partial charge in [0.1, 0.15) is 0 Å². The van der Waals surface area contributed by atoms with E-state index < -0.39 is 0 Å². The van der Waals surface area contributed by atoms with Crippen molar-refractivity contribution in [3.63, 3.8) is 0 Å². The highest BCUT2D eigenvalue weighted by atomic mass is 79.9. The van der Waals surface area contributed by atoms with Crippen molar-refractivity contribution in [2.75, 3.05) is 38.6 Å². The third-order valence-corrected chi connectivity index (χ3v) is 4.34. The van der Waals surface area contributed by atoms with E-state index in [1.165, 1.54) is 28.6 Å². The first-order valence-electron chi connectivity index (χ1n) is 7.01. The Labute approximate surface area is 124 Å². The van der Waals surface area contributed by atoms with E-state index in [9.17, 15) is 0 Å². The van der Waals surface area contributed by atoms with Crippen molar-refractivity contribution in [1.29, 1.82) is 0 Å². The van der Waals surface area contributed by atoms with Gasteiger partial charge >= 0.3 is 0 Å². The number of halogens is 1. The molecule has 19 heavy (non-hydrogen) atoms. The van der Waals surface area contributed by atoms with Crippen molar-refractivity contribution in [2.24, 2.45) is 5.73 Å². The van der Waals surface area contributed by atoms with Gasteiger partial charge in [-0.05, 0) is 73.5 Å². The maximum absolute atomic E-state index is 5.62. The zero-order chi connectivity index (χ0) is 13.8. The molecule has 1 saturated heterocycles. The van der Waals surface area contributed by atoms with Crippen LogP contribution in [-0.4, -0.2) is 44.7 Å². The molecule has 1 heterocycles. The average molecular weight is 326 g/mol. The highest BCUT2D eigenvalue weighted by Gasteiger charge is 2.26. The van der Waals surface area contributed by atoms with Crippen molar-refractivity contribution in [2.45, 2.75) is 25.3 Å². The molecule has 1 fully saturated rings. The largest absolute Gasteiger partial charge is 0.366 e. The molecule has 0 amide bonds. The predicted molar refractivity (Wildman–Crippen MR) is 85.8 cm³/mol. The van der Waals surface area contributed by atoms with E-state index >= 15 is 0 Å². The first kappa shape index (κ1) is 14.8. The van der Waals surface area contributed by atoms with Crippen LogP contribution in [0.25, 0.3) is 0 Å². The smallest absolute Gasteiger partial charge is 0.0513 e. The SMILES string of the molecule is CN(C)CC1CCCN1c1ccc(CCN)cc1Br. The Hall–Kier alpha value is -0.580. The Morgan fingerprint density at radius 2 is 2.21 bits per heavy atom. The van der Waals surface area contributed by atoms with Crippen LogP contribution in [0.4, 0.5) is 5.69 Å². The lowest BCUT2D eigenvalue weighted by atomic mass is 10.1. The average Bonchev–Trinajstić information content (AvgIpc) is 2.77. The number of anilines is 1. The van der Waals surface area contributed by atoms with Crippen LogP contribution in [0.2, 0.25) is 0 Å². The number of nitrogens with two attached hydrogens (primary N) is 1. The van der Waals surface area contributed by atoms with Gasteiger partial charge in [0.15, 0.2) is 0 Å². The van der Waals surface area contributed by atoms with Gasteiger partial charge in [0, 0.05) is 23.6 Å². The van der Waals surface area contributed by atoms with Crippen LogP contribution in [0.5, 0.6) is 0 Å². The van der Waals surface area contributed by atoms with E-state index in [1.807, 2.05) is 0 Å². The molecule has 0 spiro atoms. The molecule has 2 rings (SSSR count). The van der Waals surface area contributed by atoms with Crippen LogP contribution in [0, 0.1) is 0 Å². The first-order chi connectivity index (χ1) is 9.11. The molecular formula is C15H24BrN3. The molecule has 4 heteroatoms. The van der Waals surface area contributed by atoms with Gasteiger partial charge in [-0.25, -0.2) is 0 Å². The summed E-state index contributed by atoms with van der Waals surface area (Å²) in [5.41, 5.74) is 8.25. The molecule has 1 aliphatic rings. The topological polar surface area (TPSA) is 32.5 Å². The zero-order valence-corrected chi connectivity index (χ0v) is 13.5. The molecule has 1 aromatic carbocycles. The molecule has 1 aromatic rings. The molecule has 106 valence electrons. The van der Waals surface area contributed by atoms with Crippen LogP contribution in [-0.2, 0) is 6.42 Å². The maximum atomic E-state index is 5.62. The normalized spacial score (nSPS) is 19.4. The quantitative estimate of drug-likeness (QED) is 0.902. The third-order valence-electron chi connectivity index (χ3n) is 3.71. The zero-order valence-electron chi connectivity index (χ0n) is 11.9. The second-order valence-corrected chi connectivity index (χ2v) is 6.43. The van der Waals surface area contributed by atoms with E-state index in [2.05, 4.69) is 58.0 Å². The van der Waals surface area contributed by atoms with E-state index in [4.69, 9.17) is 5.73 Å². The van der Waals surface area contributed by atoms with Gasteiger partial charge in [0.25, 0.3) is 0 Å². The number of nitrogens with zero attached hydrogens (tertiary/aromatic N) is 2. The van der Waals surface area contributed by atoms with Crippen molar-refractivity contribution in [3.8, 4) is 0 Å². The number of benzene rings is 1. The third kappa shape index (κ3) is 3.71. The Morgan fingerprint density at radius 3 is 2.84 bits per heavy atom. The van der Waals surface area contributed by atoms with Crippen molar-refractivity contribution in [1.82, 2.24) is 4.90 Å². The highest BCUT2D eigenvalue weighted by molar-refractivity contribution is 9.10. The van der Waals surface area contributed by atoms with Gasteiger partial charge in [0.2, 0.25) is 0 Å². The molecule has 0 radical (unpaired) electrons. The summed E-state index contributed by atoms with van der Waals surface area (Å²) in [6, 6.07) is 7.29. The second-order valence-electron chi connectivity index (χ2n) is 5.58. The second kappa shape index (κ2) is 6.73. The standard InChI is InChI=1S/C15H24BrN3/c1-18(2)11-13-4-3-9-19(13)15-6-5-12(7-8-17)10-14(15)16/h5-6,10,13H,3-4,7-9,11,17H2,1-2H3. The van der Waals surface area contributed by atoms with Gasteiger partial charge in [-0.3, -0.25) is 0 Å². The molecule has 3 nitrogen and oxygen atoms in total. The minimum atomic E-state index is 0.631. The maximum Gasteiger partial charge on any atom is 0.0513 e. The number of rotatable bonds is 5. The van der Waals surface area contributed by atoms with Crippen LogP contribution < -0.4 is 10.6 Å². The minimum absolute atomic E-state index is 0.631. The summed E-state index contributed by atoms with van der Waals surface area (Å²) in [7, 11) is 4.30. The van der Waals surface area contributed by atoms with E-state index in [0.717, 1.165) is 19.5 Å². The van der Waals surface area contributed by atoms with Crippen LogP contribution >= 0.6 is 15.9 Å². The lowest BCUT2D eigenvalue weighted by Gasteiger charge is -2.30. The summed E-state index contributed by atoms with van der Waals surface area (Å²) in [6.45, 7) is 2.99. The van der Waals surface area contributed by atoms with E-state index in [1.54, 1.807) is 0 Å². The lowest BCUT2D eigenvalue weighted by Crippen LogP contribution is -2.37. The molecule has 1 unspecified atom stereocenters. The number of likely N-dealkylation sites (N-methyl/N-ethyl adjacent to an activating group) is 1. The molecule has 0 aromatic heterocycles. The number of hydrogen-bond acceptors (Lipinski definition) is 3. The number of hydrogen-bond donors (Lipinski definition) is 1. The fourth-order valence-corrected chi connectivity index (χ4v) is 3.52. The summed E-state index contributed by atoms with van der Waals surface area (Å²) in [6.07, 6.45) is 3.52. The Morgan fingerprint density at radius 1 is 1.42 bits per heavy atom.